The third-order valence-corrected chi connectivity index (χ3v) is 4.47. The fourth-order valence-corrected chi connectivity index (χ4v) is 2.93. The van der Waals surface area contributed by atoms with Crippen LogP contribution in [0.3, 0.4) is 0 Å². The second-order valence-electron chi connectivity index (χ2n) is 6.27. The maximum atomic E-state index is 12.1. The zero-order chi connectivity index (χ0) is 16.1. The second-order valence-corrected chi connectivity index (χ2v) is 6.27. The van der Waals surface area contributed by atoms with Crippen molar-refractivity contribution in [2.45, 2.75) is 32.2 Å². The second kappa shape index (κ2) is 7.42. The molecule has 3 rings (SSSR count). The Morgan fingerprint density at radius 2 is 2.22 bits per heavy atom. The lowest BCUT2D eigenvalue weighted by atomic mass is 9.94. The Morgan fingerprint density at radius 3 is 3.00 bits per heavy atom. The molecule has 0 saturated carbocycles. The Hall–Kier alpha value is -2.14. The minimum atomic E-state index is 0.123. The molecule has 2 heterocycles. The van der Waals surface area contributed by atoms with Gasteiger partial charge in [0.15, 0.2) is 0 Å². The first kappa shape index (κ1) is 15.7. The van der Waals surface area contributed by atoms with Crippen LogP contribution in [-0.2, 0) is 11.2 Å². The Morgan fingerprint density at radius 1 is 1.39 bits per heavy atom. The number of para-hydroxylation sites is 1. The van der Waals surface area contributed by atoms with Gasteiger partial charge in [-0.3, -0.25) is 4.79 Å². The van der Waals surface area contributed by atoms with E-state index in [0.717, 1.165) is 30.8 Å². The number of carbonyl (C=O) groups excluding carboxylic acids is 1. The van der Waals surface area contributed by atoms with Gasteiger partial charge in [0.05, 0.1) is 11.9 Å². The van der Waals surface area contributed by atoms with Gasteiger partial charge >= 0.3 is 0 Å². The fraction of sp³-hybridized carbons (Fsp3) is 0.444. The molecule has 2 unspecified atom stereocenters. The van der Waals surface area contributed by atoms with Crippen molar-refractivity contribution in [3.63, 3.8) is 0 Å². The average Bonchev–Trinajstić information content (AvgIpc) is 3.05. The minimum absolute atomic E-state index is 0.123. The lowest BCUT2D eigenvalue weighted by Crippen LogP contribution is -2.50. The third-order valence-electron chi connectivity index (χ3n) is 4.47. The van der Waals surface area contributed by atoms with Crippen molar-refractivity contribution < 1.29 is 4.79 Å². The first-order valence-electron chi connectivity index (χ1n) is 8.31. The van der Waals surface area contributed by atoms with Crippen LogP contribution in [0.15, 0.2) is 42.7 Å². The van der Waals surface area contributed by atoms with Crippen LogP contribution in [0.4, 0.5) is 0 Å². The van der Waals surface area contributed by atoms with E-state index in [4.69, 9.17) is 0 Å². The molecule has 1 aliphatic rings. The van der Waals surface area contributed by atoms with Gasteiger partial charge in [-0.1, -0.05) is 25.1 Å². The van der Waals surface area contributed by atoms with E-state index < -0.39 is 0 Å². The summed E-state index contributed by atoms with van der Waals surface area (Å²) < 4.78 is 1.85. The Balaban J connectivity index is 1.50. The van der Waals surface area contributed by atoms with E-state index in [0.29, 0.717) is 18.8 Å². The van der Waals surface area contributed by atoms with Gasteiger partial charge < -0.3 is 10.6 Å². The summed E-state index contributed by atoms with van der Waals surface area (Å²) >= 11 is 0. The SMILES string of the molecule is CC1CCNCC1NC(=O)CCc1cnn(-c2ccccc2)c1. The van der Waals surface area contributed by atoms with E-state index in [1.165, 1.54) is 0 Å². The highest BCUT2D eigenvalue weighted by molar-refractivity contribution is 5.76. The highest BCUT2D eigenvalue weighted by atomic mass is 16.1. The van der Waals surface area contributed by atoms with Crippen LogP contribution in [0.5, 0.6) is 0 Å². The van der Waals surface area contributed by atoms with Crippen molar-refractivity contribution in [2.24, 2.45) is 5.92 Å². The van der Waals surface area contributed by atoms with E-state index in [2.05, 4.69) is 22.7 Å². The van der Waals surface area contributed by atoms with Crippen LogP contribution in [0, 0.1) is 5.92 Å². The van der Waals surface area contributed by atoms with E-state index >= 15 is 0 Å². The molecule has 0 radical (unpaired) electrons. The largest absolute Gasteiger partial charge is 0.352 e. The third kappa shape index (κ3) is 4.20. The summed E-state index contributed by atoms with van der Waals surface area (Å²) in [7, 11) is 0. The van der Waals surface area contributed by atoms with E-state index in [-0.39, 0.29) is 11.9 Å². The molecular formula is C18H24N4O. The van der Waals surface area contributed by atoms with Crippen LogP contribution < -0.4 is 10.6 Å². The van der Waals surface area contributed by atoms with Gasteiger partial charge in [0.2, 0.25) is 5.91 Å². The van der Waals surface area contributed by atoms with Gasteiger partial charge in [-0.15, -0.1) is 0 Å². The molecule has 5 nitrogen and oxygen atoms in total. The number of aryl methyl sites for hydroxylation is 1. The quantitative estimate of drug-likeness (QED) is 0.887. The molecule has 23 heavy (non-hydrogen) atoms. The first-order chi connectivity index (χ1) is 11.2. The molecule has 1 amide bonds. The highest BCUT2D eigenvalue weighted by Gasteiger charge is 2.22. The van der Waals surface area contributed by atoms with Crippen LogP contribution in [-0.4, -0.2) is 34.8 Å². The zero-order valence-electron chi connectivity index (χ0n) is 13.5. The smallest absolute Gasteiger partial charge is 0.220 e. The molecule has 2 atom stereocenters. The maximum Gasteiger partial charge on any atom is 0.220 e. The highest BCUT2D eigenvalue weighted by Crippen LogP contribution is 2.12. The lowest BCUT2D eigenvalue weighted by Gasteiger charge is -2.30. The van der Waals surface area contributed by atoms with E-state index in [1.807, 2.05) is 47.4 Å². The predicted octanol–water partition coefficient (Wildman–Crippen LogP) is 1.92. The van der Waals surface area contributed by atoms with Crippen molar-refractivity contribution in [3.05, 3.63) is 48.3 Å². The number of rotatable bonds is 5. The molecule has 2 aromatic rings. The zero-order valence-corrected chi connectivity index (χ0v) is 13.5. The van der Waals surface area contributed by atoms with Crippen LogP contribution >= 0.6 is 0 Å². The van der Waals surface area contributed by atoms with Crippen molar-refractivity contribution >= 4 is 5.91 Å². The summed E-state index contributed by atoms with van der Waals surface area (Å²) in [5.74, 6) is 0.666. The normalized spacial score (nSPS) is 21.1. The van der Waals surface area contributed by atoms with E-state index in [1.54, 1.807) is 0 Å². The Bertz CT molecular complexity index is 637. The van der Waals surface area contributed by atoms with Crippen molar-refractivity contribution in [1.29, 1.82) is 0 Å². The van der Waals surface area contributed by atoms with Crippen LogP contribution in [0.25, 0.3) is 5.69 Å². The number of carbonyl (C=O) groups is 1. The van der Waals surface area contributed by atoms with Crippen LogP contribution in [0.2, 0.25) is 0 Å². The minimum Gasteiger partial charge on any atom is -0.352 e. The Labute approximate surface area is 137 Å². The van der Waals surface area contributed by atoms with Gasteiger partial charge in [0.25, 0.3) is 0 Å². The number of hydrogen-bond acceptors (Lipinski definition) is 3. The van der Waals surface area contributed by atoms with Crippen LogP contribution in [0.1, 0.15) is 25.3 Å². The molecule has 0 bridgehead atoms. The molecule has 1 aromatic carbocycles. The fourth-order valence-electron chi connectivity index (χ4n) is 2.93. The van der Waals surface area contributed by atoms with Gasteiger partial charge in [-0.2, -0.15) is 5.10 Å². The van der Waals surface area contributed by atoms with Crippen molar-refractivity contribution in [3.8, 4) is 5.69 Å². The monoisotopic (exact) mass is 312 g/mol. The summed E-state index contributed by atoms with van der Waals surface area (Å²) in [6, 6.07) is 10.2. The number of hydrogen-bond donors (Lipinski definition) is 2. The standard InChI is InChI=1S/C18H24N4O/c1-14-9-10-19-12-17(14)21-18(23)8-7-15-11-20-22(13-15)16-5-3-2-4-6-16/h2-6,11,13-14,17,19H,7-10,12H2,1H3,(H,21,23). The van der Waals surface area contributed by atoms with Gasteiger partial charge in [-0.25, -0.2) is 4.68 Å². The van der Waals surface area contributed by atoms with Crippen molar-refractivity contribution in [2.75, 3.05) is 13.1 Å². The molecule has 2 N–H and O–H groups in total. The van der Waals surface area contributed by atoms with Gasteiger partial charge in [0.1, 0.15) is 0 Å². The summed E-state index contributed by atoms with van der Waals surface area (Å²) in [5.41, 5.74) is 2.11. The molecule has 1 fully saturated rings. The number of aromatic nitrogens is 2. The molecule has 1 saturated heterocycles. The average molecular weight is 312 g/mol. The summed E-state index contributed by atoms with van der Waals surface area (Å²) in [6.07, 6.45) is 6.17. The first-order valence-corrected chi connectivity index (χ1v) is 8.31. The van der Waals surface area contributed by atoms with Gasteiger partial charge in [0, 0.05) is 25.2 Å². The summed E-state index contributed by atoms with van der Waals surface area (Å²) in [4.78, 5) is 12.1. The Kier molecular flexibility index (Phi) is 5.08. The number of nitrogens with zero attached hydrogens (tertiary/aromatic N) is 2. The summed E-state index contributed by atoms with van der Waals surface area (Å²) in [5, 5.41) is 10.9. The predicted molar refractivity (Wildman–Crippen MR) is 90.5 cm³/mol. The molecule has 5 heteroatoms. The van der Waals surface area contributed by atoms with Gasteiger partial charge in [-0.05, 0) is 43.0 Å². The molecule has 122 valence electrons. The number of amides is 1. The number of nitrogens with one attached hydrogen (secondary N) is 2. The molecule has 1 aliphatic heterocycles. The number of benzene rings is 1. The summed E-state index contributed by atoms with van der Waals surface area (Å²) in [6.45, 7) is 4.13. The molecule has 0 spiro atoms. The maximum absolute atomic E-state index is 12.1. The van der Waals surface area contributed by atoms with E-state index in [9.17, 15) is 4.79 Å². The lowest BCUT2D eigenvalue weighted by molar-refractivity contribution is -0.122. The molecule has 0 aliphatic carbocycles. The topological polar surface area (TPSA) is 58.9 Å². The molecular weight excluding hydrogens is 288 g/mol. The molecule has 1 aromatic heterocycles. The number of piperidine rings is 1. The van der Waals surface area contributed by atoms with Crippen molar-refractivity contribution in [1.82, 2.24) is 20.4 Å².